The van der Waals surface area contributed by atoms with E-state index in [4.69, 9.17) is 4.74 Å². The van der Waals surface area contributed by atoms with Gasteiger partial charge in [0.1, 0.15) is 12.4 Å². The summed E-state index contributed by atoms with van der Waals surface area (Å²) in [6, 6.07) is 14.5. The maximum atomic E-state index is 5.89. The van der Waals surface area contributed by atoms with Crippen LogP contribution in [0.15, 0.2) is 46.9 Å². The van der Waals surface area contributed by atoms with E-state index in [-0.39, 0.29) is 0 Å². The first kappa shape index (κ1) is 15.9. The molecule has 0 saturated carbocycles. The van der Waals surface area contributed by atoms with Gasteiger partial charge in [0.15, 0.2) is 0 Å². The van der Waals surface area contributed by atoms with Crippen molar-refractivity contribution in [3.05, 3.63) is 58.1 Å². The monoisotopic (exact) mass is 348 g/mol. The van der Waals surface area contributed by atoms with Gasteiger partial charge in [-0.25, -0.2) is 0 Å². The largest absolute Gasteiger partial charge is 0.489 e. The van der Waals surface area contributed by atoms with Gasteiger partial charge in [0, 0.05) is 42.4 Å². The quantitative estimate of drug-likeness (QED) is 0.858. The number of halogens is 1. The van der Waals surface area contributed by atoms with E-state index in [9.17, 15) is 0 Å². The summed E-state index contributed by atoms with van der Waals surface area (Å²) < 4.78 is 6.97. The van der Waals surface area contributed by atoms with E-state index >= 15 is 0 Å². The van der Waals surface area contributed by atoms with E-state index in [0.29, 0.717) is 6.61 Å². The van der Waals surface area contributed by atoms with Crippen LogP contribution in [0.25, 0.3) is 0 Å². The van der Waals surface area contributed by atoms with Gasteiger partial charge in [-0.15, -0.1) is 0 Å². The highest BCUT2D eigenvalue weighted by molar-refractivity contribution is 9.10. The van der Waals surface area contributed by atoms with Crippen LogP contribution in [0.3, 0.4) is 0 Å². The number of nitrogens with one attached hydrogen (secondary N) is 1. The lowest BCUT2D eigenvalue weighted by Gasteiger charge is -2.14. The molecule has 2 rings (SSSR count). The van der Waals surface area contributed by atoms with E-state index in [1.54, 1.807) is 0 Å². The summed E-state index contributed by atoms with van der Waals surface area (Å²) in [6.45, 7) is 1.42. The van der Waals surface area contributed by atoms with Gasteiger partial charge in [-0.05, 0) is 30.8 Å². The van der Waals surface area contributed by atoms with Crippen molar-refractivity contribution in [2.75, 3.05) is 26.0 Å². The van der Waals surface area contributed by atoms with Crippen molar-refractivity contribution in [1.29, 1.82) is 0 Å². The van der Waals surface area contributed by atoms with Gasteiger partial charge in [-0.1, -0.05) is 34.1 Å². The molecule has 2 aromatic rings. The molecule has 0 bridgehead atoms. The Labute approximate surface area is 135 Å². The minimum atomic E-state index is 0.553. The van der Waals surface area contributed by atoms with Crippen LogP contribution in [0.1, 0.15) is 11.1 Å². The van der Waals surface area contributed by atoms with Gasteiger partial charge < -0.3 is 15.0 Å². The zero-order chi connectivity index (χ0) is 15.2. The Balaban J connectivity index is 2.04. The smallest absolute Gasteiger partial charge is 0.121 e. The zero-order valence-electron chi connectivity index (χ0n) is 12.7. The van der Waals surface area contributed by atoms with Gasteiger partial charge in [-0.3, -0.25) is 0 Å². The fourth-order valence-corrected chi connectivity index (χ4v) is 2.58. The first-order valence-electron chi connectivity index (χ1n) is 6.92. The standard InChI is InChI=1S/C17H21BrN2O/c1-19-11-13-7-8-14(17(18)9-13)12-21-16-6-4-5-15(10-16)20(2)3/h4-10,19H,11-12H2,1-3H3. The van der Waals surface area contributed by atoms with Crippen LogP contribution in [-0.4, -0.2) is 21.1 Å². The third kappa shape index (κ3) is 4.48. The van der Waals surface area contributed by atoms with E-state index in [1.807, 2.05) is 39.3 Å². The second-order valence-corrected chi connectivity index (χ2v) is 5.99. The second kappa shape index (κ2) is 7.48. The molecule has 0 radical (unpaired) electrons. The Morgan fingerprint density at radius 2 is 1.95 bits per heavy atom. The second-order valence-electron chi connectivity index (χ2n) is 5.14. The number of hydrogen-bond donors (Lipinski definition) is 1. The predicted molar refractivity (Wildman–Crippen MR) is 92.0 cm³/mol. The molecule has 0 amide bonds. The summed E-state index contributed by atoms with van der Waals surface area (Å²) >= 11 is 3.61. The zero-order valence-corrected chi connectivity index (χ0v) is 14.3. The normalized spacial score (nSPS) is 10.5. The average Bonchev–Trinajstić information content (AvgIpc) is 2.47. The molecule has 21 heavy (non-hydrogen) atoms. The molecule has 112 valence electrons. The molecule has 0 aliphatic rings. The molecule has 4 heteroatoms. The molecule has 0 aliphatic carbocycles. The molecule has 0 aliphatic heterocycles. The number of anilines is 1. The van der Waals surface area contributed by atoms with Crippen LogP contribution in [0.2, 0.25) is 0 Å². The number of benzene rings is 2. The highest BCUT2D eigenvalue weighted by Gasteiger charge is 2.04. The van der Waals surface area contributed by atoms with Crippen molar-refractivity contribution in [3.8, 4) is 5.75 Å². The Morgan fingerprint density at radius 3 is 2.62 bits per heavy atom. The Kier molecular flexibility index (Phi) is 5.65. The van der Waals surface area contributed by atoms with Crippen molar-refractivity contribution < 1.29 is 4.74 Å². The van der Waals surface area contributed by atoms with Crippen molar-refractivity contribution in [3.63, 3.8) is 0 Å². The summed E-state index contributed by atoms with van der Waals surface area (Å²) in [5.74, 6) is 0.882. The van der Waals surface area contributed by atoms with Crippen molar-refractivity contribution in [2.45, 2.75) is 13.2 Å². The molecule has 1 N–H and O–H groups in total. The maximum Gasteiger partial charge on any atom is 0.121 e. The van der Waals surface area contributed by atoms with Crippen molar-refractivity contribution in [2.24, 2.45) is 0 Å². The van der Waals surface area contributed by atoms with Crippen LogP contribution in [0.4, 0.5) is 5.69 Å². The highest BCUT2D eigenvalue weighted by Crippen LogP contribution is 2.23. The SMILES string of the molecule is CNCc1ccc(COc2cccc(N(C)C)c2)c(Br)c1. The molecule has 0 heterocycles. The molecule has 0 spiro atoms. The lowest BCUT2D eigenvalue weighted by Crippen LogP contribution is -2.08. The maximum absolute atomic E-state index is 5.89. The Morgan fingerprint density at radius 1 is 1.14 bits per heavy atom. The molecule has 0 aromatic heterocycles. The fourth-order valence-electron chi connectivity index (χ4n) is 2.03. The topological polar surface area (TPSA) is 24.5 Å². The van der Waals surface area contributed by atoms with Gasteiger partial charge >= 0.3 is 0 Å². The summed E-state index contributed by atoms with van der Waals surface area (Å²) in [4.78, 5) is 2.06. The van der Waals surface area contributed by atoms with E-state index in [1.165, 1.54) is 5.56 Å². The van der Waals surface area contributed by atoms with Crippen LogP contribution >= 0.6 is 15.9 Å². The molecule has 0 saturated heterocycles. The van der Waals surface area contributed by atoms with E-state index in [0.717, 1.165) is 28.0 Å². The van der Waals surface area contributed by atoms with Crippen LogP contribution in [0, 0.1) is 0 Å². The van der Waals surface area contributed by atoms with Gasteiger partial charge in [0.2, 0.25) is 0 Å². The lowest BCUT2D eigenvalue weighted by atomic mass is 10.1. The summed E-state index contributed by atoms with van der Waals surface area (Å²) in [6.07, 6.45) is 0. The number of hydrogen-bond acceptors (Lipinski definition) is 3. The fraction of sp³-hybridized carbons (Fsp3) is 0.294. The Bertz CT molecular complexity index is 599. The molecule has 2 aromatic carbocycles. The van der Waals surface area contributed by atoms with E-state index < -0.39 is 0 Å². The molecular formula is C17H21BrN2O. The summed E-state index contributed by atoms with van der Waals surface area (Å²) in [7, 11) is 6.00. The highest BCUT2D eigenvalue weighted by atomic mass is 79.9. The molecule has 0 fully saturated rings. The Hall–Kier alpha value is -1.52. The number of rotatable bonds is 6. The van der Waals surface area contributed by atoms with Crippen LogP contribution in [-0.2, 0) is 13.2 Å². The minimum absolute atomic E-state index is 0.553. The first-order valence-corrected chi connectivity index (χ1v) is 7.71. The van der Waals surface area contributed by atoms with Crippen molar-refractivity contribution in [1.82, 2.24) is 5.32 Å². The third-order valence-corrected chi connectivity index (χ3v) is 3.96. The van der Waals surface area contributed by atoms with Gasteiger partial charge in [0.05, 0.1) is 0 Å². The minimum Gasteiger partial charge on any atom is -0.489 e. The molecule has 0 unspecified atom stereocenters. The van der Waals surface area contributed by atoms with Crippen LogP contribution < -0.4 is 15.0 Å². The average molecular weight is 349 g/mol. The summed E-state index contributed by atoms with van der Waals surface area (Å²) in [5.41, 5.74) is 3.53. The number of nitrogens with zero attached hydrogens (tertiary/aromatic N) is 1. The van der Waals surface area contributed by atoms with Gasteiger partial charge in [0.25, 0.3) is 0 Å². The predicted octanol–water partition coefficient (Wildman–Crippen LogP) is 3.81. The lowest BCUT2D eigenvalue weighted by molar-refractivity contribution is 0.305. The van der Waals surface area contributed by atoms with E-state index in [2.05, 4.69) is 50.4 Å². The van der Waals surface area contributed by atoms with Gasteiger partial charge in [-0.2, -0.15) is 0 Å². The summed E-state index contributed by atoms with van der Waals surface area (Å²) in [5, 5.41) is 3.15. The molecular weight excluding hydrogens is 328 g/mol. The molecule has 3 nitrogen and oxygen atoms in total. The molecule has 0 atom stereocenters. The van der Waals surface area contributed by atoms with Crippen LogP contribution in [0.5, 0.6) is 5.75 Å². The number of ether oxygens (including phenoxy) is 1. The van der Waals surface area contributed by atoms with Crippen molar-refractivity contribution >= 4 is 21.6 Å². The first-order chi connectivity index (χ1) is 10.1. The third-order valence-electron chi connectivity index (χ3n) is 3.23.